The molecule has 1 aromatic rings. The lowest BCUT2D eigenvalue weighted by Crippen LogP contribution is -2.32. The number of benzene rings is 1. The van der Waals surface area contributed by atoms with Gasteiger partial charge in [0.15, 0.2) is 0 Å². The Morgan fingerprint density at radius 3 is 2.32 bits per heavy atom. The molecule has 0 aliphatic heterocycles. The Morgan fingerprint density at radius 1 is 1.14 bits per heavy atom. The van der Waals surface area contributed by atoms with E-state index in [1.807, 2.05) is 30.8 Å². The zero-order valence-corrected chi connectivity index (χ0v) is 15.8. The van der Waals surface area contributed by atoms with Crippen molar-refractivity contribution in [2.75, 3.05) is 17.6 Å². The van der Waals surface area contributed by atoms with Crippen molar-refractivity contribution in [2.45, 2.75) is 58.6 Å². The molecular formula is C18H30N2OS. The number of thioether (sulfide) groups is 1. The maximum Gasteiger partial charge on any atom is 0.319 e. The third-order valence-corrected chi connectivity index (χ3v) is 4.52. The van der Waals surface area contributed by atoms with Gasteiger partial charge < -0.3 is 10.6 Å². The van der Waals surface area contributed by atoms with Crippen molar-refractivity contribution in [3.8, 4) is 0 Å². The molecule has 0 saturated heterocycles. The van der Waals surface area contributed by atoms with E-state index in [0.717, 1.165) is 22.6 Å². The second-order valence-corrected chi connectivity index (χ2v) is 9.51. The zero-order valence-electron chi connectivity index (χ0n) is 15.0. The van der Waals surface area contributed by atoms with Crippen LogP contribution in [0.4, 0.5) is 10.5 Å². The Hall–Kier alpha value is -1.16. The van der Waals surface area contributed by atoms with Gasteiger partial charge in [-0.15, -0.1) is 0 Å². The molecule has 1 rings (SSSR count). The summed E-state index contributed by atoms with van der Waals surface area (Å²) < 4.78 is 0.230. The SMILES string of the molecule is Cc1cccc(C(C)(C)C)c1NC(=O)NCCSC(C)(C)C. The van der Waals surface area contributed by atoms with Crippen molar-refractivity contribution in [1.29, 1.82) is 0 Å². The summed E-state index contributed by atoms with van der Waals surface area (Å²) in [6.07, 6.45) is 0. The van der Waals surface area contributed by atoms with Gasteiger partial charge in [0, 0.05) is 22.7 Å². The van der Waals surface area contributed by atoms with E-state index in [-0.39, 0.29) is 16.2 Å². The highest BCUT2D eigenvalue weighted by Crippen LogP contribution is 2.31. The van der Waals surface area contributed by atoms with E-state index >= 15 is 0 Å². The molecule has 2 amide bonds. The van der Waals surface area contributed by atoms with Gasteiger partial charge in [0.2, 0.25) is 0 Å². The number of rotatable bonds is 4. The van der Waals surface area contributed by atoms with Crippen molar-refractivity contribution >= 4 is 23.5 Å². The number of carbonyl (C=O) groups is 1. The van der Waals surface area contributed by atoms with Gasteiger partial charge in [0.1, 0.15) is 0 Å². The highest BCUT2D eigenvalue weighted by molar-refractivity contribution is 8.00. The van der Waals surface area contributed by atoms with Gasteiger partial charge >= 0.3 is 6.03 Å². The summed E-state index contributed by atoms with van der Waals surface area (Å²) in [5.74, 6) is 0.914. The molecule has 22 heavy (non-hydrogen) atoms. The summed E-state index contributed by atoms with van der Waals surface area (Å²) in [7, 11) is 0. The number of nitrogens with one attached hydrogen (secondary N) is 2. The van der Waals surface area contributed by atoms with E-state index in [2.05, 4.69) is 58.2 Å². The summed E-state index contributed by atoms with van der Waals surface area (Å²) in [6.45, 7) is 15.7. The van der Waals surface area contributed by atoms with Crippen LogP contribution in [0.15, 0.2) is 18.2 Å². The van der Waals surface area contributed by atoms with E-state index in [1.165, 1.54) is 0 Å². The van der Waals surface area contributed by atoms with Gasteiger partial charge in [-0.25, -0.2) is 4.79 Å². The second-order valence-electron chi connectivity index (χ2n) is 7.59. The van der Waals surface area contributed by atoms with Crippen molar-refractivity contribution < 1.29 is 4.79 Å². The summed E-state index contributed by atoms with van der Waals surface area (Å²) in [5.41, 5.74) is 3.17. The third-order valence-electron chi connectivity index (χ3n) is 3.24. The number of hydrogen-bond acceptors (Lipinski definition) is 2. The standard InChI is InChI=1S/C18H30N2OS/c1-13-9-8-10-14(17(2,3)4)15(13)20-16(21)19-11-12-22-18(5,6)7/h8-10H,11-12H2,1-7H3,(H2,19,20,21). The molecule has 4 heteroatoms. The first kappa shape index (κ1) is 18.9. The smallest absolute Gasteiger partial charge is 0.319 e. The fourth-order valence-corrected chi connectivity index (χ4v) is 2.95. The van der Waals surface area contributed by atoms with Crippen LogP contribution in [0.2, 0.25) is 0 Å². The summed E-state index contributed by atoms with van der Waals surface area (Å²) in [6, 6.07) is 6.02. The maximum atomic E-state index is 12.1. The molecule has 0 unspecified atom stereocenters. The van der Waals surface area contributed by atoms with Gasteiger partial charge in [0.05, 0.1) is 0 Å². The van der Waals surface area contributed by atoms with Gasteiger partial charge in [-0.3, -0.25) is 0 Å². The molecule has 0 saturated carbocycles. The van der Waals surface area contributed by atoms with E-state index < -0.39 is 0 Å². The minimum Gasteiger partial charge on any atom is -0.337 e. The molecule has 0 aliphatic carbocycles. The lowest BCUT2D eigenvalue weighted by molar-refractivity contribution is 0.252. The van der Waals surface area contributed by atoms with Crippen LogP contribution in [-0.4, -0.2) is 23.1 Å². The van der Waals surface area contributed by atoms with E-state index in [9.17, 15) is 4.79 Å². The number of anilines is 1. The van der Waals surface area contributed by atoms with Crippen molar-refractivity contribution in [3.63, 3.8) is 0 Å². The van der Waals surface area contributed by atoms with Crippen LogP contribution in [0.5, 0.6) is 0 Å². The molecule has 3 nitrogen and oxygen atoms in total. The van der Waals surface area contributed by atoms with Crippen molar-refractivity contribution in [3.05, 3.63) is 29.3 Å². The average Bonchev–Trinajstić information content (AvgIpc) is 2.34. The Labute approximate surface area is 139 Å². The van der Waals surface area contributed by atoms with Gasteiger partial charge in [-0.05, 0) is 23.5 Å². The van der Waals surface area contributed by atoms with E-state index in [4.69, 9.17) is 0 Å². The highest BCUT2D eigenvalue weighted by Gasteiger charge is 2.20. The van der Waals surface area contributed by atoms with Crippen LogP contribution in [0.25, 0.3) is 0 Å². The number of para-hydroxylation sites is 1. The quantitative estimate of drug-likeness (QED) is 0.770. The Bertz CT molecular complexity index is 513. The van der Waals surface area contributed by atoms with E-state index in [0.29, 0.717) is 6.54 Å². The average molecular weight is 323 g/mol. The number of aryl methyl sites for hydroxylation is 1. The minimum atomic E-state index is -0.130. The number of amides is 2. The Kier molecular flexibility index (Phi) is 6.36. The number of hydrogen-bond donors (Lipinski definition) is 2. The van der Waals surface area contributed by atoms with E-state index in [1.54, 1.807) is 0 Å². The first-order valence-electron chi connectivity index (χ1n) is 7.79. The topological polar surface area (TPSA) is 41.1 Å². The number of carbonyl (C=O) groups excluding carboxylic acids is 1. The lowest BCUT2D eigenvalue weighted by Gasteiger charge is -2.24. The van der Waals surface area contributed by atoms with Crippen LogP contribution in [0, 0.1) is 6.92 Å². The molecule has 0 aliphatic rings. The van der Waals surface area contributed by atoms with Gasteiger partial charge in [-0.1, -0.05) is 59.7 Å². The predicted molar refractivity (Wildman–Crippen MR) is 99.1 cm³/mol. The monoisotopic (exact) mass is 322 g/mol. The summed E-state index contributed by atoms with van der Waals surface area (Å²) in [5, 5.41) is 5.96. The lowest BCUT2D eigenvalue weighted by atomic mass is 9.84. The van der Waals surface area contributed by atoms with Crippen LogP contribution in [0.3, 0.4) is 0 Å². The largest absolute Gasteiger partial charge is 0.337 e. The second kappa shape index (κ2) is 7.40. The molecule has 2 N–H and O–H groups in total. The van der Waals surface area contributed by atoms with Crippen molar-refractivity contribution in [1.82, 2.24) is 5.32 Å². The summed E-state index contributed by atoms with van der Waals surface area (Å²) >= 11 is 1.85. The van der Waals surface area contributed by atoms with Gasteiger partial charge in [-0.2, -0.15) is 11.8 Å². The minimum absolute atomic E-state index is 0.00325. The Morgan fingerprint density at radius 2 is 1.77 bits per heavy atom. The van der Waals surface area contributed by atoms with Crippen LogP contribution in [0.1, 0.15) is 52.7 Å². The van der Waals surface area contributed by atoms with Gasteiger partial charge in [0.25, 0.3) is 0 Å². The molecule has 0 aromatic heterocycles. The Balaban J connectivity index is 2.65. The molecule has 0 atom stereocenters. The molecule has 0 heterocycles. The fraction of sp³-hybridized carbons (Fsp3) is 0.611. The van der Waals surface area contributed by atoms with Crippen LogP contribution < -0.4 is 10.6 Å². The maximum absolute atomic E-state index is 12.1. The first-order chi connectivity index (χ1) is 10.0. The molecule has 0 fully saturated rings. The van der Waals surface area contributed by atoms with Crippen LogP contribution >= 0.6 is 11.8 Å². The molecule has 0 bridgehead atoms. The molecular weight excluding hydrogens is 292 g/mol. The highest BCUT2D eigenvalue weighted by atomic mass is 32.2. The molecule has 1 aromatic carbocycles. The zero-order chi connectivity index (χ0) is 17.0. The third kappa shape index (κ3) is 6.30. The predicted octanol–water partition coefficient (Wildman–Crippen LogP) is 4.95. The fourth-order valence-electron chi connectivity index (χ4n) is 2.14. The summed E-state index contributed by atoms with van der Waals surface area (Å²) in [4.78, 5) is 12.1. The molecule has 0 spiro atoms. The normalized spacial score (nSPS) is 12.1. The van der Waals surface area contributed by atoms with Crippen LogP contribution in [-0.2, 0) is 5.41 Å². The van der Waals surface area contributed by atoms with Crippen molar-refractivity contribution in [2.24, 2.45) is 0 Å². The number of urea groups is 1. The molecule has 124 valence electrons. The molecule has 0 radical (unpaired) electrons. The first-order valence-corrected chi connectivity index (χ1v) is 8.78.